The molecule has 35 heavy (non-hydrogen) atoms. The van der Waals surface area contributed by atoms with Crippen molar-refractivity contribution < 1.29 is 14.3 Å². The molecule has 4 aromatic rings. The molecule has 2 aromatic carbocycles. The number of hydrogen-bond acceptors (Lipinski definition) is 5. The molecule has 0 bridgehead atoms. The second kappa shape index (κ2) is 8.53. The van der Waals surface area contributed by atoms with Gasteiger partial charge in [0.05, 0.1) is 15.9 Å². The van der Waals surface area contributed by atoms with Gasteiger partial charge in [-0.15, -0.1) is 11.3 Å². The Kier molecular flexibility index (Phi) is 5.33. The summed E-state index contributed by atoms with van der Waals surface area (Å²) in [6.07, 6.45) is 2.26. The lowest BCUT2D eigenvalue weighted by Gasteiger charge is -2.27. The minimum absolute atomic E-state index is 0.0598. The minimum atomic E-state index is -0.517. The van der Waals surface area contributed by atoms with E-state index in [1.54, 1.807) is 17.5 Å². The summed E-state index contributed by atoms with van der Waals surface area (Å²) in [5, 5.41) is 4.61. The summed E-state index contributed by atoms with van der Waals surface area (Å²) >= 11 is 1.55. The maximum atomic E-state index is 13.7. The Bertz CT molecular complexity index is 1440. The molecule has 3 atom stereocenters. The Balaban J connectivity index is 1.17. The number of para-hydroxylation sites is 1. The van der Waals surface area contributed by atoms with Crippen LogP contribution in [0, 0.1) is 25.7 Å². The third-order valence-electron chi connectivity index (χ3n) is 6.99. The van der Waals surface area contributed by atoms with Gasteiger partial charge in [0, 0.05) is 30.2 Å². The highest BCUT2D eigenvalue weighted by molar-refractivity contribution is 7.15. The zero-order valence-corrected chi connectivity index (χ0v) is 20.4. The van der Waals surface area contributed by atoms with E-state index in [9.17, 15) is 9.59 Å². The van der Waals surface area contributed by atoms with Gasteiger partial charge in [-0.25, -0.2) is 9.78 Å². The zero-order chi connectivity index (χ0) is 24.1. The van der Waals surface area contributed by atoms with Crippen molar-refractivity contribution in [3.05, 3.63) is 71.0 Å². The number of H-pyrrole nitrogens is 1. The number of likely N-dealkylation sites (tertiary alicyclic amines) is 1. The van der Waals surface area contributed by atoms with Crippen molar-refractivity contribution in [1.29, 1.82) is 0 Å². The molecule has 6 rings (SSSR count). The second-order valence-electron chi connectivity index (χ2n) is 9.43. The summed E-state index contributed by atoms with van der Waals surface area (Å²) in [6, 6.07) is 15.8. The van der Waals surface area contributed by atoms with Crippen LogP contribution >= 0.6 is 11.3 Å². The molecule has 0 radical (unpaired) electrons. The number of aromatic amines is 1. The van der Waals surface area contributed by atoms with Crippen LogP contribution in [0.1, 0.15) is 27.5 Å². The largest absolute Gasteiger partial charge is 0.412 e. The molecular formula is C27H26N4O3S. The number of carbonyl (C=O) groups excluding carboxylic acids is 2. The molecule has 1 aliphatic carbocycles. The third-order valence-corrected chi connectivity index (χ3v) is 8.01. The van der Waals surface area contributed by atoms with E-state index in [2.05, 4.69) is 21.4 Å². The van der Waals surface area contributed by atoms with E-state index in [1.165, 1.54) is 0 Å². The lowest BCUT2D eigenvalue weighted by molar-refractivity contribution is 0.0700. The average Bonchev–Trinajstić information content (AvgIpc) is 3.16. The highest BCUT2D eigenvalue weighted by Crippen LogP contribution is 2.50. The molecule has 3 heterocycles. The smallest absolute Gasteiger partial charge is 0.408 e. The summed E-state index contributed by atoms with van der Waals surface area (Å²) < 4.78 is 5.55. The van der Waals surface area contributed by atoms with Gasteiger partial charge < -0.3 is 19.9 Å². The molecule has 2 fully saturated rings. The first kappa shape index (κ1) is 21.9. The summed E-state index contributed by atoms with van der Waals surface area (Å²) in [4.78, 5) is 36.8. The third kappa shape index (κ3) is 4.08. The van der Waals surface area contributed by atoms with Crippen LogP contribution in [0.5, 0.6) is 5.75 Å². The Labute approximate surface area is 207 Å². The highest BCUT2D eigenvalue weighted by atomic mass is 32.1. The average molecular weight is 487 g/mol. The van der Waals surface area contributed by atoms with Crippen LogP contribution < -0.4 is 10.1 Å². The van der Waals surface area contributed by atoms with Crippen molar-refractivity contribution in [2.24, 2.45) is 11.8 Å². The first-order chi connectivity index (χ1) is 17.0. The van der Waals surface area contributed by atoms with Gasteiger partial charge in [-0.05, 0) is 49.8 Å². The number of fused-ring (bicyclic) bond motifs is 2. The van der Waals surface area contributed by atoms with Crippen molar-refractivity contribution in [3.63, 3.8) is 0 Å². The standard InChI is InChI=1S/C27H26N4O3S/c1-15-6-5-7-17(10-15)25-24(30-16(2)35-25)26(32)31-14-18-11-20(18)22(31)12-29-27(33)34-23-13-28-21-9-4-3-8-19(21)23/h3-10,13,18,20,22,28H,11-12,14H2,1-2H3,(H,29,33)/t18-,20-,22+/m0/s1. The number of thiazole rings is 1. The van der Waals surface area contributed by atoms with Crippen molar-refractivity contribution in [1.82, 2.24) is 20.2 Å². The number of nitrogens with one attached hydrogen (secondary N) is 2. The van der Waals surface area contributed by atoms with Crippen molar-refractivity contribution in [3.8, 4) is 16.2 Å². The number of hydrogen-bond donors (Lipinski definition) is 2. The molecule has 2 amide bonds. The molecule has 1 saturated carbocycles. The summed E-state index contributed by atoms with van der Waals surface area (Å²) in [5.74, 6) is 1.34. The van der Waals surface area contributed by atoms with E-state index in [0.29, 0.717) is 36.4 Å². The molecule has 1 aliphatic heterocycles. The van der Waals surface area contributed by atoms with Crippen LogP contribution in [0.3, 0.4) is 0 Å². The Morgan fingerprint density at radius 2 is 2.06 bits per heavy atom. The van der Waals surface area contributed by atoms with Gasteiger partial charge >= 0.3 is 6.09 Å². The number of ether oxygens (including phenoxy) is 1. The predicted molar refractivity (Wildman–Crippen MR) is 136 cm³/mol. The first-order valence-electron chi connectivity index (χ1n) is 11.8. The Morgan fingerprint density at radius 1 is 1.20 bits per heavy atom. The first-order valence-corrected chi connectivity index (χ1v) is 12.7. The van der Waals surface area contributed by atoms with Gasteiger partial charge in [0.25, 0.3) is 5.91 Å². The molecule has 2 N–H and O–H groups in total. The SMILES string of the molecule is Cc1cccc(-c2sc(C)nc2C(=O)N2C[C@@H]3C[C@@H]3[C@H]2CNC(=O)Oc2c[nH]c3ccccc23)c1. The minimum Gasteiger partial charge on any atom is -0.408 e. The molecule has 8 heteroatoms. The van der Waals surface area contributed by atoms with E-state index < -0.39 is 6.09 Å². The van der Waals surface area contributed by atoms with E-state index in [1.807, 2.05) is 61.2 Å². The molecule has 2 aliphatic rings. The number of carbonyl (C=O) groups is 2. The summed E-state index contributed by atoms with van der Waals surface area (Å²) in [6.45, 7) is 5.04. The van der Waals surface area contributed by atoms with Crippen molar-refractivity contribution in [2.75, 3.05) is 13.1 Å². The van der Waals surface area contributed by atoms with Gasteiger partial charge in [0.1, 0.15) is 5.69 Å². The van der Waals surface area contributed by atoms with Crippen molar-refractivity contribution in [2.45, 2.75) is 26.3 Å². The number of aryl methyl sites for hydroxylation is 2. The normalized spacial score (nSPS) is 20.6. The predicted octanol–water partition coefficient (Wildman–Crippen LogP) is 5.16. The topological polar surface area (TPSA) is 87.3 Å². The summed E-state index contributed by atoms with van der Waals surface area (Å²) in [5.41, 5.74) is 3.57. The maximum Gasteiger partial charge on any atom is 0.412 e. The second-order valence-corrected chi connectivity index (χ2v) is 10.6. The lowest BCUT2D eigenvalue weighted by Crippen LogP contribution is -2.46. The molecule has 1 saturated heterocycles. The van der Waals surface area contributed by atoms with E-state index >= 15 is 0 Å². The number of amides is 2. The van der Waals surface area contributed by atoms with Gasteiger partial charge in [0.15, 0.2) is 5.75 Å². The molecule has 0 unspecified atom stereocenters. The number of rotatable bonds is 5. The lowest BCUT2D eigenvalue weighted by atomic mass is 10.1. The van der Waals surface area contributed by atoms with Gasteiger partial charge in [-0.3, -0.25) is 4.79 Å². The van der Waals surface area contributed by atoms with E-state index in [-0.39, 0.29) is 11.9 Å². The highest BCUT2D eigenvalue weighted by Gasteiger charge is 2.54. The quantitative estimate of drug-likeness (QED) is 0.408. The maximum absolute atomic E-state index is 13.7. The van der Waals surface area contributed by atoms with E-state index in [4.69, 9.17) is 4.74 Å². The molecule has 0 spiro atoms. The number of piperidine rings is 1. The fourth-order valence-electron chi connectivity index (χ4n) is 5.21. The number of nitrogens with zero attached hydrogens (tertiary/aromatic N) is 2. The van der Waals surface area contributed by atoms with Gasteiger partial charge in [0.2, 0.25) is 0 Å². The monoisotopic (exact) mass is 486 g/mol. The number of benzene rings is 2. The van der Waals surface area contributed by atoms with Crippen LogP contribution in [-0.4, -0.2) is 46.0 Å². The molecule has 7 nitrogen and oxygen atoms in total. The van der Waals surface area contributed by atoms with Crippen LogP contribution in [0.25, 0.3) is 21.3 Å². The Morgan fingerprint density at radius 3 is 2.91 bits per heavy atom. The fraction of sp³-hybridized carbons (Fsp3) is 0.296. The van der Waals surface area contributed by atoms with E-state index in [0.717, 1.165) is 38.3 Å². The van der Waals surface area contributed by atoms with Gasteiger partial charge in [-0.1, -0.05) is 42.0 Å². The molecular weight excluding hydrogens is 460 g/mol. The summed E-state index contributed by atoms with van der Waals surface area (Å²) in [7, 11) is 0. The van der Waals surface area contributed by atoms with Gasteiger partial charge in [-0.2, -0.15) is 0 Å². The Hall–Kier alpha value is -3.65. The van der Waals surface area contributed by atoms with Crippen LogP contribution in [0.2, 0.25) is 0 Å². The zero-order valence-electron chi connectivity index (χ0n) is 19.6. The fourth-order valence-corrected chi connectivity index (χ4v) is 6.12. The van der Waals surface area contributed by atoms with Crippen LogP contribution in [0.15, 0.2) is 54.7 Å². The number of aromatic nitrogens is 2. The van der Waals surface area contributed by atoms with Crippen molar-refractivity contribution >= 4 is 34.2 Å². The van der Waals surface area contributed by atoms with Crippen LogP contribution in [-0.2, 0) is 0 Å². The molecule has 178 valence electrons. The van der Waals surface area contributed by atoms with Crippen LogP contribution in [0.4, 0.5) is 4.79 Å². The molecule has 2 aromatic heterocycles.